The molecule has 1 aromatic rings. The number of halogens is 2. The Morgan fingerprint density at radius 2 is 2.00 bits per heavy atom. The molecule has 1 rings (SSSR count). The summed E-state index contributed by atoms with van der Waals surface area (Å²) in [5, 5.41) is 4.68. The van der Waals surface area contributed by atoms with Crippen LogP contribution < -0.4 is 5.32 Å². The first-order chi connectivity index (χ1) is 8.54. The average Bonchev–Trinajstić information content (AvgIpc) is 2.28. The van der Waals surface area contributed by atoms with Crippen LogP contribution in [-0.4, -0.2) is 11.5 Å². The zero-order chi connectivity index (χ0) is 13.5. The van der Waals surface area contributed by atoms with Crippen molar-refractivity contribution in [3.05, 3.63) is 28.0 Å². The Kier molecular flexibility index (Phi) is 6.98. The second-order valence-corrected chi connectivity index (χ2v) is 5.80. The van der Waals surface area contributed by atoms with E-state index in [0.717, 1.165) is 24.6 Å². The van der Waals surface area contributed by atoms with Crippen molar-refractivity contribution in [1.29, 1.82) is 0 Å². The largest absolute Gasteiger partial charge is 0.309 e. The predicted molar refractivity (Wildman–Crippen MR) is 79.4 cm³/mol. The summed E-state index contributed by atoms with van der Waals surface area (Å²) in [5.41, 5.74) is 0.909. The number of nitrogens with one attached hydrogen (secondary N) is 1. The minimum Gasteiger partial charge on any atom is -0.309 e. The molecule has 0 aliphatic heterocycles. The highest BCUT2D eigenvalue weighted by Crippen LogP contribution is 2.27. The normalized spacial score (nSPS) is 13.0. The molecule has 0 saturated heterocycles. The number of hydrogen-bond acceptors (Lipinski definition) is 2. The van der Waals surface area contributed by atoms with Gasteiger partial charge in [0.2, 0.25) is 0 Å². The number of pyridine rings is 1. The third kappa shape index (κ3) is 5.13. The van der Waals surface area contributed by atoms with Crippen LogP contribution in [0.5, 0.6) is 0 Å². The van der Waals surface area contributed by atoms with Gasteiger partial charge in [-0.25, -0.2) is 0 Å². The summed E-state index contributed by atoms with van der Waals surface area (Å²) in [7, 11) is 0. The van der Waals surface area contributed by atoms with Crippen LogP contribution in [-0.2, 0) is 0 Å². The molecule has 2 nitrogen and oxygen atoms in total. The smallest absolute Gasteiger partial charge is 0.0760 e. The van der Waals surface area contributed by atoms with Crippen LogP contribution in [0.4, 0.5) is 0 Å². The van der Waals surface area contributed by atoms with Gasteiger partial charge in [-0.05, 0) is 24.9 Å². The van der Waals surface area contributed by atoms with E-state index in [-0.39, 0.29) is 6.04 Å². The van der Waals surface area contributed by atoms with E-state index < -0.39 is 0 Å². The van der Waals surface area contributed by atoms with Gasteiger partial charge in [0.05, 0.1) is 21.8 Å². The Morgan fingerprint density at radius 3 is 2.56 bits per heavy atom. The van der Waals surface area contributed by atoms with Crippen molar-refractivity contribution in [3.63, 3.8) is 0 Å². The molecule has 1 unspecified atom stereocenters. The van der Waals surface area contributed by atoms with Crippen molar-refractivity contribution in [2.45, 2.75) is 46.1 Å². The molecule has 1 atom stereocenters. The number of hydrogen-bond donors (Lipinski definition) is 1. The first-order valence-electron chi connectivity index (χ1n) is 6.59. The van der Waals surface area contributed by atoms with Gasteiger partial charge in [-0.2, -0.15) is 0 Å². The minimum atomic E-state index is 0.221. The maximum atomic E-state index is 6.21. The fraction of sp³-hybridized carbons (Fsp3) is 0.643. The summed E-state index contributed by atoms with van der Waals surface area (Å²) in [5.74, 6) is 0.737. The summed E-state index contributed by atoms with van der Waals surface area (Å²) in [6.45, 7) is 7.50. The zero-order valence-electron chi connectivity index (χ0n) is 11.3. The van der Waals surface area contributed by atoms with Gasteiger partial charge >= 0.3 is 0 Å². The van der Waals surface area contributed by atoms with Gasteiger partial charge in [0.25, 0.3) is 0 Å². The number of aromatic nitrogens is 1. The van der Waals surface area contributed by atoms with Crippen molar-refractivity contribution in [2.75, 3.05) is 6.54 Å². The molecule has 102 valence electrons. The molecule has 0 aliphatic rings. The molecule has 0 aliphatic carbocycles. The van der Waals surface area contributed by atoms with Gasteiger partial charge in [0.15, 0.2) is 0 Å². The molecule has 0 spiro atoms. The van der Waals surface area contributed by atoms with E-state index in [1.807, 2.05) is 0 Å². The highest BCUT2D eigenvalue weighted by atomic mass is 35.5. The van der Waals surface area contributed by atoms with Gasteiger partial charge in [0, 0.05) is 6.20 Å². The van der Waals surface area contributed by atoms with Gasteiger partial charge in [-0.3, -0.25) is 4.98 Å². The summed E-state index contributed by atoms with van der Waals surface area (Å²) >= 11 is 12.1. The standard InChI is InChI=1S/C14H22Cl2N2/c1-4-17-13(7-5-6-10(2)3)14-12(16)8-11(15)9-18-14/h8-10,13,17H,4-7H2,1-3H3. The molecule has 4 heteroatoms. The van der Waals surface area contributed by atoms with Crippen LogP contribution in [0.2, 0.25) is 10.0 Å². The van der Waals surface area contributed by atoms with E-state index in [1.54, 1.807) is 12.3 Å². The SMILES string of the molecule is CCNC(CCCC(C)C)c1ncc(Cl)cc1Cl. The third-order valence-electron chi connectivity index (χ3n) is 2.89. The van der Waals surface area contributed by atoms with Crippen molar-refractivity contribution in [2.24, 2.45) is 5.92 Å². The third-order valence-corrected chi connectivity index (χ3v) is 3.40. The highest BCUT2D eigenvalue weighted by molar-refractivity contribution is 6.34. The van der Waals surface area contributed by atoms with Crippen molar-refractivity contribution in [1.82, 2.24) is 10.3 Å². The van der Waals surface area contributed by atoms with Gasteiger partial charge in [0.1, 0.15) is 0 Å². The van der Waals surface area contributed by atoms with Crippen molar-refractivity contribution < 1.29 is 0 Å². The van der Waals surface area contributed by atoms with Crippen molar-refractivity contribution >= 4 is 23.2 Å². The minimum absolute atomic E-state index is 0.221. The van der Waals surface area contributed by atoms with Crippen LogP contribution in [0.15, 0.2) is 12.3 Å². The van der Waals surface area contributed by atoms with Gasteiger partial charge < -0.3 is 5.32 Å². The maximum Gasteiger partial charge on any atom is 0.0760 e. The summed E-state index contributed by atoms with van der Waals surface area (Å²) in [4.78, 5) is 4.37. The lowest BCUT2D eigenvalue weighted by atomic mass is 10.0. The van der Waals surface area contributed by atoms with Crippen LogP contribution in [0.25, 0.3) is 0 Å². The van der Waals surface area contributed by atoms with E-state index >= 15 is 0 Å². The first-order valence-corrected chi connectivity index (χ1v) is 7.34. The Bertz CT molecular complexity index is 367. The molecule has 0 radical (unpaired) electrons. The Balaban J connectivity index is 2.70. The van der Waals surface area contributed by atoms with Crippen molar-refractivity contribution in [3.8, 4) is 0 Å². The molecule has 0 saturated carbocycles. The van der Waals surface area contributed by atoms with E-state index in [4.69, 9.17) is 23.2 Å². The fourth-order valence-electron chi connectivity index (χ4n) is 1.99. The van der Waals surface area contributed by atoms with Crippen LogP contribution >= 0.6 is 23.2 Å². The molecule has 0 aromatic carbocycles. The van der Waals surface area contributed by atoms with E-state index in [0.29, 0.717) is 10.0 Å². The first kappa shape index (κ1) is 15.7. The lowest BCUT2D eigenvalue weighted by Gasteiger charge is -2.19. The van der Waals surface area contributed by atoms with Gasteiger partial charge in [-0.15, -0.1) is 0 Å². The second-order valence-electron chi connectivity index (χ2n) is 4.96. The second kappa shape index (κ2) is 7.98. The molecule has 0 bridgehead atoms. The molecule has 1 heterocycles. The fourth-order valence-corrected chi connectivity index (χ4v) is 2.51. The summed E-state index contributed by atoms with van der Waals surface area (Å²) in [6.07, 6.45) is 5.12. The van der Waals surface area contributed by atoms with E-state index in [2.05, 4.69) is 31.1 Å². The number of rotatable bonds is 7. The quantitative estimate of drug-likeness (QED) is 0.775. The molecule has 0 amide bonds. The Hall–Kier alpha value is -0.310. The van der Waals surface area contributed by atoms with Crippen LogP contribution in [0, 0.1) is 5.92 Å². The monoisotopic (exact) mass is 288 g/mol. The zero-order valence-corrected chi connectivity index (χ0v) is 12.9. The number of nitrogens with zero attached hydrogens (tertiary/aromatic N) is 1. The van der Waals surface area contributed by atoms with E-state index in [1.165, 1.54) is 12.8 Å². The molecular formula is C14H22Cl2N2. The van der Waals surface area contributed by atoms with Crippen LogP contribution in [0.1, 0.15) is 51.8 Å². The molecule has 18 heavy (non-hydrogen) atoms. The predicted octanol–water partition coefficient (Wildman–Crippen LogP) is 4.87. The van der Waals surface area contributed by atoms with Crippen LogP contribution in [0.3, 0.4) is 0 Å². The van der Waals surface area contributed by atoms with E-state index in [9.17, 15) is 0 Å². The summed E-state index contributed by atoms with van der Waals surface area (Å²) < 4.78 is 0. The molecule has 0 fully saturated rings. The maximum absolute atomic E-state index is 6.21. The summed E-state index contributed by atoms with van der Waals surface area (Å²) in [6, 6.07) is 1.98. The lowest BCUT2D eigenvalue weighted by Crippen LogP contribution is -2.22. The Labute approximate surface area is 120 Å². The Morgan fingerprint density at radius 1 is 1.28 bits per heavy atom. The van der Waals surface area contributed by atoms with Gasteiger partial charge in [-0.1, -0.05) is 56.8 Å². The molecule has 1 N–H and O–H groups in total. The average molecular weight is 289 g/mol. The highest BCUT2D eigenvalue weighted by Gasteiger charge is 2.15. The topological polar surface area (TPSA) is 24.9 Å². The molecule has 1 aromatic heterocycles. The lowest BCUT2D eigenvalue weighted by molar-refractivity contribution is 0.449. The molecular weight excluding hydrogens is 267 g/mol.